The van der Waals surface area contributed by atoms with Gasteiger partial charge in [0.15, 0.2) is 11.5 Å². The van der Waals surface area contributed by atoms with E-state index in [1.165, 1.54) is 9.21 Å². The molecule has 0 saturated carbocycles. The van der Waals surface area contributed by atoms with Crippen molar-refractivity contribution in [1.29, 1.82) is 5.26 Å². The molecule has 0 amide bonds. The number of hydrogen-bond acceptors (Lipinski definition) is 5. The molecule has 1 fully saturated rings. The van der Waals surface area contributed by atoms with E-state index in [0.29, 0.717) is 44.2 Å². The van der Waals surface area contributed by atoms with Crippen molar-refractivity contribution in [3.63, 3.8) is 0 Å². The predicted octanol–water partition coefficient (Wildman–Crippen LogP) is -0.349. The molecule has 0 radical (unpaired) electrons. The molecule has 7 nitrogen and oxygen atoms in total. The Morgan fingerprint density at radius 2 is 1.88 bits per heavy atom. The summed E-state index contributed by atoms with van der Waals surface area (Å²) in [4.78, 5) is 1.52. The Hall–Kier alpha value is -1.82. The third-order valence-corrected chi connectivity index (χ3v) is 6.27. The average Bonchev–Trinajstić information content (AvgIpc) is 2.85. The lowest BCUT2D eigenvalue weighted by Gasteiger charge is -2.31. The van der Waals surface area contributed by atoms with Gasteiger partial charge in [-0.2, -0.15) is 9.57 Å². The van der Waals surface area contributed by atoms with Gasteiger partial charge in [-0.05, 0) is 12.1 Å². The lowest BCUT2D eigenvalue weighted by Crippen LogP contribution is -3.14. The van der Waals surface area contributed by atoms with E-state index in [1.54, 1.807) is 18.2 Å². The SMILES string of the molecule is N#CCC[NH+]1CCN(S(=O)(=O)c2ccc3c(c2)OCCCO3)CC1. The minimum atomic E-state index is -3.53. The molecule has 2 heterocycles. The summed E-state index contributed by atoms with van der Waals surface area (Å²) in [5.74, 6) is 1.09. The van der Waals surface area contributed by atoms with Gasteiger partial charge in [-0.15, -0.1) is 0 Å². The number of quaternary nitrogens is 1. The number of nitrogens with zero attached hydrogens (tertiary/aromatic N) is 2. The van der Waals surface area contributed by atoms with Crippen LogP contribution < -0.4 is 14.4 Å². The van der Waals surface area contributed by atoms with Crippen molar-refractivity contribution in [2.45, 2.75) is 17.7 Å². The summed E-state index contributed by atoms with van der Waals surface area (Å²) in [5.41, 5.74) is 0. The van der Waals surface area contributed by atoms with Crippen LogP contribution in [0.3, 0.4) is 0 Å². The lowest BCUT2D eigenvalue weighted by atomic mass is 10.3. The maximum atomic E-state index is 12.8. The van der Waals surface area contributed by atoms with Gasteiger partial charge in [0.05, 0.1) is 63.3 Å². The van der Waals surface area contributed by atoms with Gasteiger partial charge >= 0.3 is 0 Å². The second-order valence-corrected chi connectivity index (χ2v) is 7.91. The van der Waals surface area contributed by atoms with Gasteiger partial charge in [0, 0.05) is 12.5 Å². The fourth-order valence-electron chi connectivity index (χ4n) is 2.98. The van der Waals surface area contributed by atoms with Gasteiger partial charge in [-0.1, -0.05) is 0 Å². The molecule has 1 N–H and O–H groups in total. The maximum Gasteiger partial charge on any atom is 0.243 e. The molecule has 3 rings (SSSR count). The van der Waals surface area contributed by atoms with E-state index in [1.807, 2.05) is 0 Å². The summed E-state index contributed by atoms with van der Waals surface area (Å²) in [5, 5.41) is 8.65. The largest absolute Gasteiger partial charge is 0.490 e. The normalized spacial score (nSPS) is 19.5. The van der Waals surface area contributed by atoms with E-state index in [9.17, 15) is 8.42 Å². The third-order valence-electron chi connectivity index (χ3n) is 4.38. The molecule has 0 unspecified atom stereocenters. The van der Waals surface area contributed by atoms with Crippen LogP contribution in [0.25, 0.3) is 0 Å². The van der Waals surface area contributed by atoms with Crippen LogP contribution in [0.15, 0.2) is 23.1 Å². The van der Waals surface area contributed by atoms with Gasteiger partial charge in [0.1, 0.15) is 0 Å². The molecule has 8 heteroatoms. The van der Waals surface area contributed by atoms with Crippen LogP contribution in [-0.4, -0.2) is 58.7 Å². The van der Waals surface area contributed by atoms with E-state index in [4.69, 9.17) is 14.7 Å². The van der Waals surface area contributed by atoms with Crippen LogP contribution in [0.5, 0.6) is 11.5 Å². The van der Waals surface area contributed by atoms with Gasteiger partial charge in [0.25, 0.3) is 0 Å². The summed E-state index contributed by atoms with van der Waals surface area (Å²) < 4.78 is 38.4. The Balaban J connectivity index is 1.72. The first-order chi connectivity index (χ1) is 11.6. The second-order valence-electron chi connectivity index (χ2n) is 5.97. The van der Waals surface area contributed by atoms with Crippen molar-refractivity contribution in [1.82, 2.24) is 4.31 Å². The highest BCUT2D eigenvalue weighted by Gasteiger charge is 2.31. The van der Waals surface area contributed by atoms with E-state index in [2.05, 4.69) is 6.07 Å². The number of fused-ring (bicyclic) bond motifs is 1. The number of sulfonamides is 1. The van der Waals surface area contributed by atoms with Gasteiger partial charge in [0.2, 0.25) is 10.0 Å². The number of ether oxygens (including phenoxy) is 2. The first-order valence-electron chi connectivity index (χ1n) is 8.21. The average molecular weight is 352 g/mol. The van der Waals surface area contributed by atoms with Gasteiger partial charge < -0.3 is 14.4 Å². The molecular formula is C16H22N3O4S+. The summed E-state index contributed by atoms with van der Waals surface area (Å²) in [6.45, 7) is 4.27. The first-order valence-corrected chi connectivity index (χ1v) is 9.65. The van der Waals surface area contributed by atoms with Gasteiger partial charge in [-0.25, -0.2) is 8.42 Å². The Morgan fingerprint density at radius 1 is 1.17 bits per heavy atom. The number of piperazine rings is 1. The monoisotopic (exact) mass is 352 g/mol. The summed E-state index contributed by atoms with van der Waals surface area (Å²) >= 11 is 0. The van der Waals surface area contributed by atoms with Crippen LogP contribution in [-0.2, 0) is 10.0 Å². The molecule has 2 aliphatic heterocycles. The summed E-state index contributed by atoms with van der Waals surface area (Å²) in [6, 6.07) is 6.95. The molecule has 1 saturated heterocycles. The number of hydrogen-bond donors (Lipinski definition) is 1. The van der Waals surface area contributed by atoms with Crippen molar-refractivity contribution in [3.8, 4) is 17.6 Å². The van der Waals surface area contributed by atoms with Crippen molar-refractivity contribution in [2.75, 3.05) is 45.9 Å². The number of nitrogens with one attached hydrogen (secondary N) is 1. The van der Waals surface area contributed by atoms with Gasteiger partial charge in [-0.3, -0.25) is 0 Å². The Bertz CT molecular complexity index is 721. The highest BCUT2D eigenvalue weighted by molar-refractivity contribution is 7.89. The van der Waals surface area contributed by atoms with E-state index < -0.39 is 10.0 Å². The number of rotatable bonds is 4. The fraction of sp³-hybridized carbons (Fsp3) is 0.562. The highest BCUT2D eigenvalue weighted by Crippen LogP contribution is 2.32. The molecule has 24 heavy (non-hydrogen) atoms. The van der Waals surface area contributed by atoms with Crippen LogP contribution in [0.1, 0.15) is 12.8 Å². The van der Waals surface area contributed by atoms with Crippen molar-refractivity contribution < 1.29 is 22.8 Å². The summed E-state index contributed by atoms with van der Waals surface area (Å²) in [7, 11) is -3.53. The molecule has 0 spiro atoms. The molecule has 0 atom stereocenters. The van der Waals surface area contributed by atoms with E-state index in [-0.39, 0.29) is 4.90 Å². The van der Waals surface area contributed by atoms with E-state index >= 15 is 0 Å². The molecular weight excluding hydrogens is 330 g/mol. The minimum Gasteiger partial charge on any atom is -0.490 e. The zero-order valence-electron chi connectivity index (χ0n) is 13.5. The second kappa shape index (κ2) is 7.38. The quantitative estimate of drug-likeness (QED) is 0.801. The summed E-state index contributed by atoms with van der Waals surface area (Å²) in [6.07, 6.45) is 1.29. The third kappa shape index (κ3) is 3.64. The van der Waals surface area contributed by atoms with E-state index in [0.717, 1.165) is 26.1 Å². The Morgan fingerprint density at radius 3 is 2.58 bits per heavy atom. The van der Waals surface area contributed by atoms with Crippen LogP contribution in [0.4, 0.5) is 0 Å². The molecule has 0 bridgehead atoms. The zero-order chi connectivity index (χ0) is 17.0. The van der Waals surface area contributed by atoms with Crippen molar-refractivity contribution in [2.24, 2.45) is 0 Å². The molecule has 130 valence electrons. The van der Waals surface area contributed by atoms with Crippen LogP contribution in [0, 0.1) is 11.3 Å². The minimum absolute atomic E-state index is 0.243. The maximum absolute atomic E-state index is 12.8. The number of benzene rings is 1. The molecule has 1 aromatic rings. The smallest absolute Gasteiger partial charge is 0.243 e. The number of nitriles is 1. The standard InChI is InChI=1S/C16H21N3O4S/c17-5-1-6-18-7-9-19(10-8-18)24(20,21)14-3-4-15-16(13-14)23-12-2-11-22-15/h3-4,13H,1-2,6-12H2/p+1. The molecule has 0 aromatic heterocycles. The fourth-order valence-corrected chi connectivity index (χ4v) is 4.44. The molecule has 0 aliphatic carbocycles. The zero-order valence-corrected chi connectivity index (χ0v) is 14.3. The van der Waals surface area contributed by atoms with Crippen molar-refractivity contribution in [3.05, 3.63) is 18.2 Å². The first kappa shape index (κ1) is 17.0. The van der Waals surface area contributed by atoms with Crippen LogP contribution >= 0.6 is 0 Å². The molecule has 1 aromatic carbocycles. The Kier molecular flexibility index (Phi) is 5.23. The topological polar surface area (TPSA) is 84.1 Å². The lowest BCUT2D eigenvalue weighted by molar-refractivity contribution is -0.903. The Labute approximate surface area is 142 Å². The van der Waals surface area contributed by atoms with Crippen LogP contribution in [0.2, 0.25) is 0 Å². The van der Waals surface area contributed by atoms with Crippen molar-refractivity contribution >= 4 is 10.0 Å². The molecule has 2 aliphatic rings. The highest BCUT2D eigenvalue weighted by atomic mass is 32.2. The predicted molar refractivity (Wildman–Crippen MR) is 86.6 cm³/mol.